The van der Waals surface area contributed by atoms with Gasteiger partial charge in [-0.3, -0.25) is 4.79 Å². The third-order valence-corrected chi connectivity index (χ3v) is 5.87. The van der Waals surface area contributed by atoms with Crippen molar-refractivity contribution >= 4 is 33.3 Å². The van der Waals surface area contributed by atoms with E-state index in [4.69, 9.17) is 11.6 Å². The first-order chi connectivity index (χ1) is 11.9. The Morgan fingerprint density at radius 3 is 2.48 bits per heavy atom. The fourth-order valence-electron chi connectivity index (χ4n) is 2.50. The zero-order chi connectivity index (χ0) is 17.9. The summed E-state index contributed by atoms with van der Waals surface area (Å²) in [5.74, 6) is 0.129. The van der Waals surface area contributed by atoms with Gasteiger partial charge in [0, 0.05) is 30.0 Å². The van der Waals surface area contributed by atoms with Crippen LogP contribution < -0.4 is 10.6 Å². The summed E-state index contributed by atoms with van der Waals surface area (Å²) in [5, 5.41) is 6.43. The fourth-order valence-corrected chi connectivity index (χ4v) is 4.30. The van der Waals surface area contributed by atoms with Gasteiger partial charge in [-0.15, -0.1) is 0 Å². The molecule has 2 heterocycles. The van der Waals surface area contributed by atoms with Crippen LogP contribution in [0.25, 0.3) is 0 Å². The molecule has 1 fully saturated rings. The van der Waals surface area contributed by atoms with Crippen LogP contribution in [0.1, 0.15) is 22.3 Å². The number of benzene rings is 1. The molecule has 7 nitrogen and oxygen atoms in total. The lowest BCUT2D eigenvalue weighted by atomic mass is 10.2. The summed E-state index contributed by atoms with van der Waals surface area (Å²) in [4.78, 5) is 20.3. The van der Waals surface area contributed by atoms with Crippen LogP contribution in [0.3, 0.4) is 0 Å². The Balaban J connectivity index is 1.54. The molecule has 1 unspecified atom stereocenters. The van der Waals surface area contributed by atoms with Crippen LogP contribution in [-0.4, -0.2) is 41.8 Å². The average Bonchev–Trinajstić information content (AvgIpc) is 2.93. The summed E-state index contributed by atoms with van der Waals surface area (Å²) < 4.78 is 22.8. The second-order valence-corrected chi connectivity index (χ2v) is 8.51. The van der Waals surface area contributed by atoms with Gasteiger partial charge in [0.1, 0.15) is 0 Å². The highest BCUT2D eigenvalue weighted by Crippen LogP contribution is 2.13. The molecular weight excluding hydrogens is 364 g/mol. The van der Waals surface area contributed by atoms with Crippen molar-refractivity contribution in [1.82, 2.24) is 15.3 Å². The number of carbonyl (C=O) groups excluding carboxylic acids is 1. The van der Waals surface area contributed by atoms with E-state index in [2.05, 4.69) is 20.6 Å². The van der Waals surface area contributed by atoms with Crippen molar-refractivity contribution in [1.29, 1.82) is 0 Å². The van der Waals surface area contributed by atoms with E-state index in [1.807, 2.05) is 12.1 Å². The molecule has 2 aromatic rings. The summed E-state index contributed by atoms with van der Waals surface area (Å²) in [6.45, 7) is 0.530. The molecule has 0 radical (unpaired) electrons. The van der Waals surface area contributed by atoms with Gasteiger partial charge < -0.3 is 10.6 Å². The number of nitrogens with zero attached hydrogens (tertiary/aromatic N) is 2. The van der Waals surface area contributed by atoms with Crippen LogP contribution in [0.4, 0.5) is 5.95 Å². The van der Waals surface area contributed by atoms with Gasteiger partial charge in [0.05, 0.1) is 17.1 Å². The number of hydrogen-bond acceptors (Lipinski definition) is 6. The van der Waals surface area contributed by atoms with Crippen molar-refractivity contribution in [2.24, 2.45) is 0 Å². The maximum absolute atomic E-state index is 12.1. The predicted molar refractivity (Wildman–Crippen MR) is 95.3 cm³/mol. The van der Waals surface area contributed by atoms with Gasteiger partial charge in [-0.25, -0.2) is 18.4 Å². The van der Waals surface area contributed by atoms with Gasteiger partial charge in [-0.05, 0) is 24.1 Å². The number of amides is 1. The zero-order valence-corrected chi connectivity index (χ0v) is 14.8. The first-order valence-electron chi connectivity index (χ1n) is 7.73. The summed E-state index contributed by atoms with van der Waals surface area (Å²) in [6, 6.07) is 7.05. The van der Waals surface area contributed by atoms with Crippen LogP contribution >= 0.6 is 11.6 Å². The molecule has 1 aliphatic heterocycles. The van der Waals surface area contributed by atoms with Crippen molar-refractivity contribution in [3.8, 4) is 0 Å². The first kappa shape index (κ1) is 17.6. The Hall–Kier alpha value is -2.19. The quantitative estimate of drug-likeness (QED) is 0.818. The van der Waals surface area contributed by atoms with E-state index >= 15 is 0 Å². The molecule has 1 saturated heterocycles. The number of aromatic nitrogens is 2. The van der Waals surface area contributed by atoms with Crippen molar-refractivity contribution < 1.29 is 13.2 Å². The number of halogens is 1. The molecule has 0 saturated carbocycles. The minimum Gasteiger partial charge on any atom is -0.350 e. The lowest BCUT2D eigenvalue weighted by molar-refractivity contribution is 0.0940. The standard InChI is InChI=1S/C16H17ClN4O3S/c17-13-3-1-11(2-4-13)7-18-16-19-8-12(9-20-16)15(22)21-14-5-6-25(23,24)10-14/h1-4,8-9,14H,5-7,10H2,(H,21,22)(H,18,19,20). The molecule has 9 heteroatoms. The normalized spacial score (nSPS) is 18.7. The molecule has 1 aliphatic rings. The zero-order valence-electron chi connectivity index (χ0n) is 13.3. The molecule has 2 N–H and O–H groups in total. The topological polar surface area (TPSA) is 101 Å². The van der Waals surface area contributed by atoms with E-state index in [9.17, 15) is 13.2 Å². The van der Waals surface area contributed by atoms with Gasteiger partial charge in [0.15, 0.2) is 9.84 Å². The third kappa shape index (κ3) is 4.90. The summed E-state index contributed by atoms with van der Waals surface area (Å²) in [6.07, 6.45) is 3.27. The number of anilines is 1. The van der Waals surface area contributed by atoms with Crippen molar-refractivity contribution in [2.45, 2.75) is 19.0 Å². The largest absolute Gasteiger partial charge is 0.350 e. The summed E-state index contributed by atoms with van der Waals surface area (Å²) in [5.41, 5.74) is 1.32. The number of carbonyl (C=O) groups is 1. The molecular formula is C16H17ClN4O3S. The molecule has 0 bridgehead atoms. The van der Waals surface area contributed by atoms with Gasteiger partial charge in [-0.2, -0.15) is 0 Å². The third-order valence-electron chi connectivity index (χ3n) is 3.85. The van der Waals surface area contributed by atoms with E-state index in [0.29, 0.717) is 29.5 Å². The summed E-state index contributed by atoms with van der Waals surface area (Å²) >= 11 is 5.84. The molecule has 25 heavy (non-hydrogen) atoms. The highest BCUT2D eigenvalue weighted by atomic mass is 35.5. The van der Waals surface area contributed by atoms with E-state index in [1.165, 1.54) is 12.4 Å². The number of nitrogens with one attached hydrogen (secondary N) is 2. The molecule has 3 rings (SSSR count). The van der Waals surface area contributed by atoms with E-state index in [0.717, 1.165) is 5.56 Å². The highest BCUT2D eigenvalue weighted by molar-refractivity contribution is 7.91. The minimum atomic E-state index is -3.03. The monoisotopic (exact) mass is 380 g/mol. The van der Waals surface area contributed by atoms with Crippen LogP contribution in [0.5, 0.6) is 0 Å². The Morgan fingerprint density at radius 2 is 1.88 bits per heavy atom. The van der Waals surface area contributed by atoms with Crippen molar-refractivity contribution in [3.63, 3.8) is 0 Å². The Kier molecular flexibility index (Phi) is 5.19. The Morgan fingerprint density at radius 1 is 1.20 bits per heavy atom. The number of hydrogen-bond donors (Lipinski definition) is 2. The second-order valence-electron chi connectivity index (χ2n) is 5.85. The van der Waals surface area contributed by atoms with Crippen LogP contribution in [0.2, 0.25) is 5.02 Å². The van der Waals surface area contributed by atoms with Gasteiger partial charge in [0.2, 0.25) is 5.95 Å². The molecule has 1 aromatic carbocycles. The Labute approximate surface area is 150 Å². The van der Waals surface area contributed by atoms with E-state index < -0.39 is 9.84 Å². The number of sulfone groups is 1. The second kappa shape index (κ2) is 7.37. The van der Waals surface area contributed by atoms with Gasteiger partial charge in [-0.1, -0.05) is 23.7 Å². The lowest BCUT2D eigenvalue weighted by Crippen LogP contribution is -2.35. The smallest absolute Gasteiger partial charge is 0.254 e. The van der Waals surface area contributed by atoms with Gasteiger partial charge in [0.25, 0.3) is 5.91 Å². The first-order valence-corrected chi connectivity index (χ1v) is 9.93. The molecule has 0 aliphatic carbocycles. The maximum atomic E-state index is 12.1. The highest BCUT2D eigenvalue weighted by Gasteiger charge is 2.29. The van der Waals surface area contributed by atoms with Crippen LogP contribution in [0, 0.1) is 0 Å². The fraction of sp³-hybridized carbons (Fsp3) is 0.312. The molecule has 1 amide bonds. The molecule has 132 valence electrons. The van der Waals surface area contributed by atoms with E-state index in [1.54, 1.807) is 12.1 Å². The molecule has 1 aromatic heterocycles. The molecule has 0 spiro atoms. The average molecular weight is 381 g/mol. The SMILES string of the molecule is O=C(NC1CCS(=O)(=O)C1)c1cnc(NCc2ccc(Cl)cc2)nc1. The summed E-state index contributed by atoms with van der Waals surface area (Å²) in [7, 11) is -3.03. The lowest BCUT2D eigenvalue weighted by Gasteiger charge is -2.10. The number of rotatable bonds is 5. The van der Waals surface area contributed by atoms with Gasteiger partial charge >= 0.3 is 0 Å². The molecule has 1 atom stereocenters. The van der Waals surface area contributed by atoms with Crippen LogP contribution in [0.15, 0.2) is 36.7 Å². The van der Waals surface area contributed by atoms with Crippen molar-refractivity contribution in [2.75, 3.05) is 16.8 Å². The Bertz CT molecular complexity index is 854. The minimum absolute atomic E-state index is 0.0136. The van der Waals surface area contributed by atoms with E-state index in [-0.39, 0.29) is 23.5 Å². The van der Waals surface area contributed by atoms with Crippen molar-refractivity contribution in [3.05, 3.63) is 52.8 Å². The van der Waals surface area contributed by atoms with Crippen LogP contribution in [-0.2, 0) is 16.4 Å². The maximum Gasteiger partial charge on any atom is 0.254 e. The predicted octanol–water partition coefficient (Wildman–Crippen LogP) is 1.66.